The van der Waals surface area contributed by atoms with E-state index in [0.717, 1.165) is 18.8 Å². The SMILES string of the molecule is CCC1CCC(c2nc(Cl)c(F)c(Cl)n2)CC1. The molecule has 0 bridgehead atoms. The molecule has 0 amide bonds. The highest BCUT2D eigenvalue weighted by Crippen LogP contribution is 2.36. The fourth-order valence-electron chi connectivity index (χ4n) is 2.42. The molecule has 0 N–H and O–H groups in total. The van der Waals surface area contributed by atoms with Gasteiger partial charge in [-0.15, -0.1) is 0 Å². The average Bonchev–Trinajstić information content (AvgIpc) is 2.35. The topological polar surface area (TPSA) is 25.8 Å². The Balaban J connectivity index is 2.13. The maximum Gasteiger partial charge on any atom is 0.197 e. The molecule has 0 spiro atoms. The fraction of sp³-hybridized carbons (Fsp3) is 0.667. The summed E-state index contributed by atoms with van der Waals surface area (Å²) in [5, 5.41) is -0.338. The quantitative estimate of drug-likeness (QED) is 0.738. The molecule has 0 aromatic carbocycles. The van der Waals surface area contributed by atoms with Gasteiger partial charge in [-0.05, 0) is 31.6 Å². The molecule has 17 heavy (non-hydrogen) atoms. The average molecular weight is 277 g/mol. The van der Waals surface area contributed by atoms with Gasteiger partial charge in [0.25, 0.3) is 0 Å². The van der Waals surface area contributed by atoms with Crippen molar-refractivity contribution < 1.29 is 4.39 Å². The van der Waals surface area contributed by atoms with Gasteiger partial charge in [0.05, 0.1) is 0 Å². The van der Waals surface area contributed by atoms with E-state index >= 15 is 0 Å². The molecule has 0 unspecified atom stereocenters. The Morgan fingerprint density at radius 3 is 2.12 bits per heavy atom. The lowest BCUT2D eigenvalue weighted by atomic mass is 9.80. The lowest BCUT2D eigenvalue weighted by Gasteiger charge is -2.26. The molecule has 1 fully saturated rings. The van der Waals surface area contributed by atoms with E-state index in [1.54, 1.807) is 0 Å². The van der Waals surface area contributed by atoms with Crippen LogP contribution in [0.25, 0.3) is 0 Å². The van der Waals surface area contributed by atoms with Crippen LogP contribution in [0.5, 0.6) is 0 Å². The summed E-state index contributed by atoms with van der Waals surface area (Å²) in [4.78, 5) is 8.01. The molecule has 0 atom stereocenters. The molecule has 0 radical (unpaired) electrons. The molecule has 1 aliphatic carbocycles. The van der Waals surface area contributed by atoms with E-state index in [1.807, 2.05) is 0 Å². The molecule has 0 saturated heterocycles. The second kappa shape index (κ2) is 5.49. The number of hydrogen-bond donors (Lipinski definition) is 0. The highest BCUT2D eigenvalue weighted by atomic mass is 35.5. The van der Waals surface area contributed by atoms with Crippen molar-refractivity contribution in [1.29, 1.82) is 0 Å². The largest absolute Gasteiger partial charge is 0.218 e. The van der Waals surface area contributed by atoms with Gasteiger partial charge in [-0.1, -0.05) is 36.5 Å². The van der Waals surface area contributed by atoms with E-state index in [2.05, 4.69) is 16.9 Å². The van der Waals surface area contributed by atoms with Crippen LogP contribution in [-0.2, 0) is 0 Å². The van der Waals surface area contributed by atoms with Crippen LogP contribution in [0.1, 0.15) is 50.8 Å². The zero-order valence-electron chi connectivity index (χ0n) is 9.72. The van der Waals surface area contributed by atoms with E-state index in [9.17, 15) is 4.39 Å². The van der Waals surface area contributed by atoms with E-state index in [4.69, 9.17) is 23.2 Å². The van der Waals surface area contributed by atoms with Crippen LogP contribution in [-0.4, -0.2) is 9.97 Å². The summed E-state index contributed by atoms with van der Waals surface area (Å²) in [5.74, 6) is 0.946. The Morgan fingerprint density at radius 2 is 1.65 bits per heavy atom. The third-order valence-electron chi connectivity index (χ3n) is 3.58. The van der Waals surface area contributed by atoms with Crippen molar-refractivity contribution >= 4 is 23.2 Å². The Bertz CT molecular complexity index is 380. The predicted molar refractivity (Wildman–Crippen MR) is 67.0 cm³/mol. The summed E-state index contributed by atoms with van der Waals surface area (Å²) in [6, 6.07) is 0. The van der Waals surface area contributed by atoms with Gasteiger partial charge in [0, 0.05) is 5.92 Å². The second-order valence-corrected chi connectivity index (χ2v) is 5.32. The molecule has 0 aliphatic heterocycles. The monoisotopic (exact) mass is 276 g/mol. The first-order valence-electron chi connectivity index (χ1n) is 6.00. The van der Waals surface area contributed by atoms with Gasteiger partial charge in [0.2, 0.25) is 0 Å². The van der Waals surface area contributed by atoms with Crippen LogP contribution < -0.4 is 0 Å². The summed E-state index contributed by atoms with van der Waals surface area (Å²) in [7, 11) is 0. The molecule has 1 heterocycles. The smallest absolute Gasteiger partial charge is 0.197 e. The van der Waals surface area contributed by atoms with Crippen LogP contribution in [0.15, 0.2) is 0 Å². The Labute approximate surface area is 111 Å². The molecular weight excluding hydrogens is 262 g/mol. The van der Waals surface area contributed by atoms with Crippen LogP contribution in [0.4, 0.5) is 4.39 Å². The molecule has 2 rings (SSSR count). The van der Waals surface area contributed by atoms with Gasteiger partial charge in [-0.2, -0.15) is 0 Å². The van der Waals surface area contributed by atoms with Crippen molar-refractivity contribution in [3.63, 3.8) is 0 Å². The third kappa shape index (κ3) is 2.89. The minimum absolute atomic E-state index is 0.169. The van der Waals surface area contributed by atoms with Crippen LogP contribution in [0.3, 0.4) is 0 Å². The maximum atomic E-state index is 13.2. The fourth-order valence-corrected chi connectivity index (χ4v) is 2.82. The third-order valence-corrected chi connectivity index (χ3v) is 4.08. The zero-order valence-corrected chi connectivity index (χ0v) is 11.2. The standard InChI is InChI=1S/C12H15Cl2FN2/c1-2-7-3-5-8(6-4-7)12-16-10(13)9(15)11(14)17-12/h7-8H,2-6H2,1H3. The highest BCUT2D eigenvalue weighted by Gasteiger charge is 2.24. The first kappa shape index (κ1) is 13.0. The van der Waals surface area contributed by atoms with Crippen LogP contribution >= 0.6 is 23.2 Å². The molecule has 1 aromatic rings. The van der Waals surface area contributed by atoms with E-state index in [-0.39, 0.29) is 16.2 Å². The van der Waals surface area contributed by atoms with Crippen molar-refractivity contribution in [2.24, 2.45) is 5.92 Å². The number of halogens is 3. The number of hydrogen-bond acceptors (Lipinski definition) is 2. The van der Waals surface area contributed by atoms with Crippen molar-refractivity contribution in [3.05, 3.63) is 21.9 Å². The van der Waals surface area contributed by atoms with E-state index < -0.39 is 5.82 Å². The number of aromatic nitrogens is 2. The Hall–Kier alpha value is -0.410. The molecule has 1 saturated carbocycles. The molecular formula is C12H15Cl2FN2. The van der Waals surface area contributed by atoms with Crippen molar-refractivity contribution in [1.82, 2.24) is 9.97 Å². The number of nitrogens with zero attached hydrogens (tertiary/aromatic N) is 2. The summed E-state index contributed by atoms with van der Waals surface area (Å²) in [6.45, 7) is 2.22. The Kier molecular flexibility index (Phi) is 4.21. The van der Waals surface area contributed by atoms with Gasteiger partial charge < -0.3 is 0 Å². The summed E-state index contributed by atoms with van der Waals surface area (Å²) in [6.07, 6.45) is 5.65. The molecule has 2 nitrogen and oxygen atoms in total. The van der Waals surface area contributed by atoms with Crippen LogP contribution in [0, 0.1) is 11.7 Å². The van der Waals surface area contributed by atoms with E-state index in [1.165, 1.54) is 19.3 Å². The van der Waals surface area contributed by atoms with Gasteiger partial charge in [0.1, 0.15) is 5.82 Å². The van der Waals surface area contributed by atoms with Gasteiger partial charge in [-0.3, -0.25) is 0 Å². The first-order valence-corrected chi connectivity index (χ1v) is 6.75. The lowest BCUT2D eigenvalue weighted by molar-refractivity contribution is 0.311. The van der Waals surface area contributed by atoms with Gasteiger partial charge in [-0.25, -0.2) is 14.4 Å². The van der Waals surface area contributed by atoms with E-state index in [0.29, 0.717) is 5.82 Å². The Morgan fingerprint density at radius 1 is 1.12 bits per heavy atom. The van der Waals surface area contributed by atoms with Crippen molar-refractivity contribution in [2.45, 2.75) is 44.9 Å². The number of rotatable bonds is 2. The molecule has 94 valence electrons. The van der Waals surface area contributed by atoms with Crippen LogP contribution in [0.2, 0.25) is 10.3 Å². The summed E-state index contributed by atoms with van der Waals surface area (Å²) < 4.78 is 13.2. The molecule has 5 heteroatoms. The molecule has 1 aliphatic rings. The highest BCUT2D eigenvalue weighted by molar-refractivity contribution is 6.33. The zero-order chi connectivity index (χ0) is 12.4. The first-order chi connectivity index (χ1) is 8.11. The normalized spacial score (nSPS) is 24.9. The second-order valence-electron chi connectivity index (χ2n) is 4.60. The predicted octanol–water partition coefficient (Wildman–Crippen LogP) is 4.61. The van der Waals surface area contributed by atoms with Crippen molar-refractivity contribution in [3.8, 4) is 0 Å². The van der Waals surface area contributed by atoms with Crippen molar-refractivity contribution in [2.75, 3.05) is 0 Å². The van der Waals surface area contributed by atoms with Gasteiger partial charge in [0.15, 0.2) is 16.1 Å². The van der Waals surface area contributed by atoms with Gasteiger partial charge >= 0.3 is 0 Å². The minimum Gasteiger partial charge on any atom is -0.218 e. The lowest BCUT2D eigenvalue weighted by Crippen LogP contribution is -2.15. The minimum atomic E-state index is -0.723. The maximum absolute atomic E-state index is 13.2. The molecule has 1 aromatic heterocycles. The summed E-state index contributed by atoms with van der Waals surface area (Å²) in [5.41, 5.74) is 0. The summed E-state index contributed by atoms with van der Waals surface area (Å²) >= 11 is 11.4.